The van der Waals surface area contributed by atoms with Crippen molar-refractivity contribution in [2.24, 2.45) is 4.99 Å². The van der Waals surface area contributed by atoms with Crippen molar-refractivity contribution in [2.45, 2.75) is 13.1 Å². The highest BCUT2D eigenvalue weighted by Gasteiger charge is 2.16. The minimum Gasteiger partial charge on any atom is -0.360 e. The Labute approximate surface area is 188 Å². The molecule has 4 rings (SSSR count). The first-order valence-corrected chi connectivity index (χ1v) is 10.7. The van der Waals surface area contributed by atoms with Gasteiger partial charge in [0.1, 0.15) is 5.82 Å². The highest BCUT2D eigenvalue weighted by Crippen LogP contribution is 2.17. The molecule has 1 fully saturated rings. The number of hydrogen-bond donors (Lipinski definition) is 3. The van der Waals surface area contributed by atoms with Gasteiger partial charge in [0.15, 0.2) is 5.96 Å². The van der Waals surface area contributed by atoms with E-state index in [1.807, 2.05) is 36.3 Å². The van der Waals surface area contributed by atoms with Gasteiger partial charge >= 0.3 is 0 Å². The van der Waals surface area contributed by atoms with Gasteiger partial charge in [-0.15, -0.1) is 0 Å². The number of H-pyrrole nitrogens is 1. The standard InChI is InChI=1S/C24H29N7O/c1-25-24(30(2)16-22-27-15-21(29-22)19-6-4-3-5-7-19)28-14-18-8-10-20(11-9-18)31-13-12-26-23(32)17-31/h3-11,15H,12-14,16-17H2,1-2H3,(H,25,28)(H,26,32)(H,27,29). The SMILES string of the molecule is CN=C(NCc1ccc(N2CCNC(=O)C2)cc1)N(C)Cc1ncc(-c2ccccc2)[nH]1. The fourth-order valence-corrected chi connectivity index (χ4v) is 3.76. The Hall–Kier alpha value is -3.81. The second-order valence-electron chi connectivity index (χ2n) is 7.80. The molecule has 1 aromatic heterocycles. The minimum atomic E-state index is 0.0706. The number of aromatic nitrogens is 2. The molecule has 0 unspecified atom stereocenters. The Morgan fingerprint density at radius 1 is 1.19 bits per heavy atom. The van der Waals surface area contributed by atoms with Crippen molar-refractivity contribution in [1.29, 1.82) is 0 Å². The van der Waals surface area contributed by atoms with Crippen LogP contribution in [0.5, 0.6) is 0 Å². The maximum Gasteiger partial charge on any atom is 0.239 e. The van der Waals surface area contributed by atoms with E-state index in [1.54, 1.807) is 7.05 Å². The molecule has 1 aliphatic heterocycles. The first-order valence-electron chi connectivity index (χ1n) is 10.7. The lowest BCUT2D eigenvalue weighted by molar-refractivity contribution is -0.120. The average molecular weight is 432 g/mol. The lowest BCUT2D eigenvalue weighted by Crippen LogP contribution is -2.47. The lowest BCUT2D eigenvalue weighted by atomic mass is 10.2. The number of rotatable bonds is 6. The van der Waals surface area contributed by atoms with Crippen molar-refractivity contribution in [3.8, 4) is 11.3 Å². The van der Waals surface area contributed by atoms with E-state index >= 15 is 0 Å². The maximum absolute atomic E-state index is 11.6. The van der Waals surface area contributed by atoms with E-state index in [-0.39, 0.29) is 5.91 Å². The molecule has 8 nitrogen and oxygen atoms in total. The summed E-state index contributed by atoms with van der Waals surface area (Å²) >= 11 is 0. The number of carbonyl (C=O) groups excluding carboxylic acids is 1. The van der Waals surface area contributed by atoms with Gasteiger partial charge in [-0.2, -0.15) is 0 Å². The highest BCUT2D eigenvalue weighted by molar-refractivity contribution is 5.82. The number of aromatic amines is 1. The number of imidazole rings is 1. The third kappa shape index (κ3) is 5.26. The third-order valence-electron chi connectivity index (χ3n) is 5.46. The van der Waals surface area contributed by atoms with E-state index in [2.05, 4.69) is 66.9 Å². The Bertz CT molecular complexity index is 1060. The van der Waals surface area contributed by atoms with Crippen LogP contribution in [0.3, 0.4) is 0 Å². The maximum atomic E-state index is 11.6. The molecule has 32 heavy (non-hydrogen) atoms. The van der Waals surface area contributed by atoms with Crippen molar-refractivity contribution < 1.29 is 4.79 Å². The smallest absolute Gasteiger partial charge is 0.239 e. The van der Waals surface area contributed by atoms with Gasteiger partial charge in [0.2, 0.25) is 5.91 Å². The molecule has 8 heteroatoms. The molecule has 2 aromatic carbocycles. The van der Waals surface area contributed by atoms with Crippen LogP contribution in [0.4, 0.5) is 5.69 Å². The van der Waals surface area contributed by atoms with Gasteiger partial charge in [0, 0.05) is 39.4 Å². The number of nitrogens with one attached hydrogen (secondary N) is 3. The molecule has 3 aromatic rings. The molecule has 0 saturated carbocycles. The molecule has 1 aliphatic rings. The fourth-order valence-electron chi connectivity index (χ4n) is 3.76. The molecule has 166 valence electrons. The summed E-state index contributed by atoms with van der Waals surface area (Å²) in [5.74, 6) is 1.74. The Kier molecular flexibility index (Phi) is 6.69. The van der Waals surface area contributed by atoms with E-state index in [9.17, 15) is 4.79 Å². The van der Waals surface area contributed by atoms with Gasteiger partial charge in [-0.25, -0.2) is 4.98 Å². The van der Waals surface area contributed by atoms with Crippen molar-refractivity contribution in [2.75, 3.05) is 38.6 Å². The van der Waals surface area contributed by atoms with E-state index < -0.39 is 0 Å². The molecule has 1 amide bonds. The summed E-state index contributed by atoms with van der Waals surface area (Å²) in [7, 11) is 3.77. The zero-order valence-electron chi connectivity index (χ0n) is 18.5. The molecule has 0 radical (unpaired) electrons. The van der Waals surface area contributed by atoms with E-state index in [0.29, 0.717) is 26.2 Å². The van der Waals surface area contributed by atoms with Crippen LogP contribution < -0.4 is 15.5 Å². The van der Waals surface area contributed by atoms with Gasteiger partial charge < -0.3 is 25.4 Å². The average Bonchev–Trinajstić information content (AvgIpc) is 3.29. The Morgan fingerprint density at radius 2 is 1.97 bits per heavy atom. The number of piperazine rings is 1. The number of amides is 1. The van der Waals surface area contributed by atoms with Gasteiger partial charge in [-0.05, 0) is 23.3 Å². The molecule has 2 heterocycles. The zero-order valence-corrected chi connectivity index (χ0v) is 18.5. The summed E-state index contributed by atoms with van der Waals surface area (Å²) in [5, 5.41) is 6.26. The molecular formula is C24H29N7O. The van der Waals surface area contributed by atoms with Crippen molar-refractivity contribution in [3.05, 3.63) is 72.2 Å². The highest BCUT2D eigenvalue weighted by atomic mass is 16.2. The zero-order chi connectivity index (χ0) is 22.3. The van der Waals surface area contributed by atoms with Crippen molar-refractivity contribution in [1.82, 2.24) is 25.5 Å². The van der Waals surface area contributed by atoms with Crippen LogP contribution in [0.1, 0.15) is 11.4 Å². The molecule has 0 spiro atoms. The van der Waals surface area contributed by atoms with E-state index in [1.165, 1.54) is 0 Å². The Balaban J connectivity index is 1.31. The third-order valence-corrected chi connectivity index (χ3v) is 5.46. The number of aliphatic imine (C=N–C) groups is 1. The van der Waals surface area contributed by atoms with Gasteiger partial charge in [0.05, 0.1) is 25.0 Å². The molecular weight excluding hydrogens is 402 g/mol. The van der Waals surface area contributed by atoms with Crippen molar-refractivity contribution in [3.63, 3.8) is 0 Å². The summed E-state index contributed by atoms with van der Waals surface area (Å²) in [4.78, 5) is 28.0. The molecule has 0 aliphatic carbocycles. The monoisotopic (exact) mass is 431 g/mol. The number of hydrogen-bond acceptors (Lipinski definition) is 4. The topological polar surface area (TPSA) is 88.7 Å². The van der Waals surface area contributed by atoms with Crippen LogP contribution in [0, 0.1) is 0 Å². The van der Waals surface area contributed by atoms with Gasteiger partial charge in [-0.1, -0.05) is 42.5 Å². The summed E-state index contributed by atoms with van der Waals surface area (Å²) in [6.45, 7) is 3.20. The predicted molar refractivity (Wildman–Crippen MR) is 127 cm³/mol. The van der Waals surface area contributed by atoms with E-state index in [4.69, 9.17) is 0 Å². The molecule has 0 atom stereocenters. The summed E-state index contributed by atoms with van der Waals surface area (Å²) < 4.78 is 0. The van der Waals surface area contributed by atoms with Crippen LogP contribution in [-0.4, -0.2) is 60.5 Å². The van der Waals surface area contributed by atoms with Crippen LogP contribution in [0.15, 0.2) is 65.8 Å². The quantitative estimate of drug-likeness (QED) is 0.411. The van der Waals surface area contributed by atoms with Crippen molar-refractivity contribution >= 4 is 17.6 Å². The summed E-state index contributed by atoms with van der Waals surface area (Å²) in [6, 6.07) is 18.5. The van der Waals surface area contributed by atoms with Crippen LogP contribution >= 0.6 is 0 Å². The van der Waals surface area contributed by atoms with Crippen LogP contribution in [0.25, 0.3) is 11.3 Å². The number of guanidine groups is 1. The lowest BCUT2D eigenvalue weighted by Gasteiger charge is -2.28. The van der Waals surface area contributed by atoms with E-state index in [0.717, 1.165) is 40.8 Å². The Morgan fingerprint density at radius 3 is 2.69 bits per heavy atom. The second kappa shape index (κ2) is 10.00. The van der Waals surface area contributed by atoms with Crippen LogP contribution in [-0.2, 0) is 17.9 Å². The second-order valence-corrected chi connectivity index (χ2v) is 7.80. The fraction of sp³-hybridized carbons (Fsp3) is 0.292. The number of carbonyl (C=O) groups is 1. The molecule has 0 bridgehead atoms. The number of nitrogens with zero attached hydrogens (tertiary/aromatic N) is 4. The summed E-state index contributed by atoms with van der Waals surface area (Å²) in [6.07, 6.45) is 1.86. The van der Waals surface area contributed by atoms with Gasteiger partial charge in [-0.3, -0.25) is 9.79 Å². The normalized spacial score (nSPS) is 14.2. The van der Waals surface area contributed by atoms with Gasteiger partial charge in [0.25, 0.3) is 0 Å². The first-order chi connectivity index (χ1) is 15.6. The first kappa shape index (κ1) is 21.4. The molecule has 3 N–H and O–H groups in total. The minimum absolute atomic E-state index is 0.0706. The van der Waals surface area contributed by atoms with Crippen LogP contribution in [0.2, 0.25) is 0 Å². The largest absolute Gasteiger partial charge is 0.360 e. The number of benzene rings is 2. The number of anilines is 1. The predicted octanol–water partition coefficient (Wildman–Crippen LogP) is 2.22. The molecule has 1 saturated heterocycles. The summed E-state index contributed by atoms with van der Waals surface area (Å²) in [5.41, 5.74) is 4.33.